The molecule has 1 heterocycles. The first-order chi connectivity index (χ1) is 14.6. The number of hydrogen-bond acceptors (Lipinski definition) is 5. The molecule has 3 rings (SSSR count). The van der Waals surface area contributed by atoms with Gasteiger partial charge in [0.1, 0.15) is 0 Å². The maximum Gasteiger partial charge on any atom is 0.340 e. The van der Waals surface area contributed by atoms with Gasteiger partial charge in [0.05, 0.1) is 16.1 Å². The SMILES string of the molecule is O=C(COC(=O)c1ccccc1NC(=O)c1cccs1)NCCCc1ccccc1. The van der Waals surface area contributed by atoms with Crippen LogP contribution in [0, 0.1) is 0 Å². The van der Waals surface area contributed by atoms with Crippen LogP contribution in [0.15, 0.2) is 72.1 Å². The Kier molecular flexibility index (Phi) is 7.74. The maximum absolute atomic E-state index is 12.4. The molecule has 154 valence electrons. The molecule has 7 heteroatoms. The van der Waals surface area contributed by atoms with Gasteiger partial charge in [-0.1, -0.05) is 48.5 Å². The normalized spacial score (nSPS) is 10.3. The third-order valence-electron chi connectivity index (χ3n) is 4.28. The Balaban J connectivity index is 1.45. The third kappa shape index (κ3) is 6.28. The molecule has 0 aliphatic rings. The van der Waals surface area contributed by atoms with Crippen molar-refractivity contribution in [2.75, 3.05) is 18.5 Å². The van der Waals surface area contributed by atoms with Crippen molar-refractivity contribution in [3.63, 3.8) is 0 Å². The van der Waals surface area contributed by atoms with Gasteiger partial charge in [-0.05, 0) is 42.0 Å². The van der Waals surface area contributed by atoms with E-state index in [1.165, 1.54) is 16.9 Å². The fourth-order valence-electron chi connectivity index (χ4n) is 2.79. The number of rotatable bonds is 9. The molecule has 0 spiro atoms. The average Bonchev–Trinajstić information content (AvgIpc) is 3.31. The molecule has 30 heavy (non-hydrogen) atoms. The summed E-state index contributed by atoms with van der Waals surface area (Å²) in [6.07, 6.45) is 1.65. The van der Waals surface area contributed by atoms with Crippen LogP contribution in [0.3, 0.4) is 0 Å². The van der Waals surface area contributed by atoms with E-state index in [2.05, 4.69) is 10.6 Å². The lowest BCUT2D eigenvalue weighted by Crippen LogP contribution is -2.30. The number of thiophene rings is 1. The number of carbonyl (C=O) groups is 3. The maximum atomic E-state index is 12.4. The molecule has 0 aliphatic heterocycles. The highest BCUT2D eigenvalue weighted by atomic mass is 32.1. The molecule has 0 atom stereocenters. The fraction of sp³-hybridized carbons (Fsp3) is 0.174. The van der Waals surface area contributed by atoms with E-state index in [0.717, 1.165) is 12.8 Å². The summed E-state index contributed by atoms with van der Waals surface area (Å²) in [6, 6.07) is 20.0. The number of nitrogens with one attached hydrogen (secondary N) is 2. The zero-order valence-corrected chi connectivity index (χ0v) is 17.1. The van der Waals surface area contributed by atoms with E-state index >= 15 is 0 Å². The second kappa shape index (κ2) is 10.9. The summed E-state index contributed by atoms with van der Waals surface area (Å²) in [5, 5.41) is 7.25. The lowest BCUT2D eigenvalue weighted by molar-refractivity contribution is -0.124. The van der Waals surface area contributed by atoms with E-state index in [-0.39, 0.29) is 24.0 Å². The Hall–Kier alpha value is -3.45. The van der Waals surface area contributed by atoms with Gasteiger partial charge in [0.2, 0.25) is 0 Å². The van der Waals surface area contributed by atoms with Gasteiger partial charge in [-0.3, -0.25) is 9.59 Å². The first-order valence-corrected chi connectivity index (χ1v) is 10.4. The van der Waals surface area contributed by atoms with Gasteiger partial charge < -0.3 is 15.4 Å². The van der Waals surface area contributed by atoms with Crippen LogP contribution in [0.2, 0.25) is 0 Å². The summed E-state index contributed by atoms with van der Waals surface area (Å²) in [5.74, 6) is -1.34. The molecule has 0 saturated carbocycles. The monoisotopic (exact) mass is 422 g/mol. The number of ether oxygens (including phenoxy) is 1. The molecule has 6 nitrogen and oxygen atoms in total. The third-order valence-corrected chi connectivity index (χ3v) is 5.15. The number of hydrogen-bond donors (Lipinski definition) is 2. The Morgan fingerprint density at radius 1 is 0.900 bits per heavy atom. The molecule has 2 aromatic carbocycles. The number of carbonyl (C=O) groups excluding carboxylic acids is 3. The van der Waals surface area contributed by atoms with E-state index in [0.29, 0.717) is 17.1 Å². The van der Waals surface area contributed by atoms with E-state index < -0.39 is 5.97 Å². The van der Waals surface area contributed by atoms with Crippen molar-refractivity contribution in [3.05, 3.63) is 88.1 Å². The first kappa shape index (κ1) is 21.3. The van der Waals surface area contributed by atoms with E-state index in [9.17, 15) is 14.4 Å². The van der Waals surface area contributed by atoms with Gasteiger partial charge >= 0.3 is 5.97 Å². The van der Waals surface area contributed by atoms with Gasteiger partial charge in [-0.2, -0.15) is 0 Å². The van der Waals surface area contributed by atoms with Crippen molar-refractivity contribution in [1.29, 1.82) is 0 Å². The standard InChI is InChI=1S/C23H22N2O4S/c26-21(24-14-6-10-17-8-2-1-3-9-17)16-29-23(28)18-11-4-5-12-19(18)25-22(27)20-13-7-15-30-20/h1-5,7-9,11-13,15H,6,10,14,16H2,(H,24,26)(H,25,27). The van der Waals surface area contributed by atoms with Crippen molar-refractivity contribution in [2.45, 2.75) is 12.8 Å². The van der Waals surface area contributed by atoms with E-state index in [4.69, 9.17) is 4.74 Å². The Bertz CT molecular complexity index is 987. The minimum atomic E-state index is -0.670. The average molecular weight is 423 g/mol. The van der Waals surface area contributed by atoms with Gasteiger partial charge in [-0.25, -0.2) is 4.79 Å². The molecule has 0 aliphatic carbocycles. The summed E-state index contributed by atoms with van der Waals surface area (Å²) in [7, 11) is 0. The van der Waals surface area contributed by atoms with Crippen LogP contribution in [0.5, 0.6) is 0 Å². The van der Waals surface area contributed by atoms with Crippen molar-refractivity contribution in [2.24, 2.45) is 0 Å². The smallest absolute Gasteiger partial charge is 0.340 e. The number of aryl methyl sites for hydroxylation is 1. The minimum Gasteiger partial charge on any atom is -0.452 e. The Morgan fingerprint density at radius 3 is 2.43 bits per heavy atom. The Morgan fingerprint density at radius 2 is 1.67 bits per heavy atom. The van der Waals surface area contributed by atoms with Crippen molar-refractivity contribution < 1.29 is 19.1 Å². The highest BCUT2D eigenvalue weighted by molar-refractivity contribution is 7.12. The van der Waals surface area contributed by atoms with Gasteiger partial charge in [0.25, 0.3) is 11.8 Å². The van der Waals surface area contributed by atoms with Crippen LogP contribution < -0.4 is 10.6 Å². The molecule has 0 fully saturated rings. The van der Waals surface area contributed by atoms with Gasteiger partial charge in [0.15, 0.2) is 6.61 Å². The summed E-state index contributed by atoms with van der Waals surface area (Å²) >= 11 is 1.31. The van der Waals surface area contributed by atoms with Crippen LogP contribution in [-0.4, -0.2) is 30.9 Å². The number of amides is 2. The number of esters is 1. The zero-order chi connectivity index (χ0) is 21.2. The quantitative estimate of drug-likeness (QED) is 0.405. The van der Waals surface area contributed by atoms with Crippen molar-refractivity contribution >= 4 is 34.8 Å². The minimum absolute atomic E-state index is 0.194. The molecule has 1 aromatic heterocycles. The van der Waals surface area contributed by atoms with Crippen LogP contribution >= 0.6 is 11.3 Å². The largest absolute Gasteiger partial charge is 0.452 e. The predicted octanol–water partition coefficient (Wildman–Crippen LogP) is 3.91. The molecule has 0 saturated heterocycles. The summed E-state index contributed by atoms with van der Waals surface area (Å²) in [5.41, 5.74) is 1.74. The molecule has 2 N–H and O–H groups in total. The van der Waals surface area contributed by atoms with Gasteiger partial charge in [0, 0.05) is 6.54 Å². The lowest BCUT2D eigenvalue weighted by Gasteiger charge is -2.11. The molecule has 0 radical (unpaired) electrons. The second-order valence-electron chi connectivity index (χ2n) is 6.49. The van der Waals surface area contributed by atoms with Crippen LogP contribution in [0.25, 0.3) is 0 Å². The fourth-order valence-corrected chi connectivity index (χ4v) is 3.41. The van der Waals surface area contributed by atoms with E-state index in [1.807, 2.05) is 30.3 Å². The number of anilines is 1. The van der Waals surface area contributed by atoms with Crippen LogP contribution in [0.4, 0.5) is 5.69 Å². The summed E-state index contributed by atoms with van der Waals surface area (Å²) in [6.45, 7) is 0.121. The molecule has 0 unspecified atom stereocenters. The Labute approximate surface area is 178 Å². The van der Waals surface area contributed by atoms with Crippen LogP contribution in [0.1, 0.15) is 32.0 Å². The zero-order valence-electron chi connectivity index (χ0n) is 16.3. The van der Waals surface area contributed by atoms with Crippen molar-refractivity contribution in [3.8, 4) is 0 Å². The highest BCUT2D eigenvalue weighted by Crippen LogP contribution is 2.18. The number of benzene rings is 2. The summed E-state index contributed by atoms with van der Waals surface area (Å²) in [4.78, 5) is 37.1. The van der Waals surface area contributed by atoms with Crippen molar-refractivity contribution in [1.82, 2.24) is 5.32 Å². The first-order valence-electron chi connectivity index (χ1n) is 9.55. The molecule has 0 bridgehead atoms. The van der Waals surface area contributed by atoms with E-state index in [1.54, 1.807) is 41.8 Å². The van der Waals surface area contributed by atoms with Gasteiger partial charge in [-0.15, -0.1) is 11.3 Å². The van der Waals surface area contributed by atoms with Crippen LogP contribution in [-0.2, 0) is 16.0 Å². The molecule has 2 amide bonds. The summed E-state index contributed by atoms with van der Waals surface area (Å²) < 4.78 is 5.12. The molecule has 3 aromatic rings. The second-order valence-corrected chi connectivity index (χ2v) is 7.44. The topological polar surface area (TPSA) is 84.5 Å². The molecular formula is C23H22N2O4S. The molecular weight excluding hydrogens is 400 g/mol. The highest BCUT2D eigenvalue weighted by Gasteiger charge is 2.16. The predicted molar refractivity (Wildman–Crippen MR) is 117 cm³/mol. The lowest BCUT2D eigenvalue weighted by atomic mass is 10.1. The number of para-hydroxylation sites is 1.